The normalized spacial score (nSPS) is 11.6. The number of carbonyl (C=O) groups is 1. The average Bonchev–Trinajstić information content (AvgIpc) is 3.58. The standard InChI is InChI=1S/C26H22N6O3S3/c1-19-6-11-23-24(17-19)37-26(30-23)32(29-18-21-5-2-16-36-21)25(33)20-7-9-22(10-8-20)38(34,35)31(14-3-12-27)15-4-13-28/h2,5-11,16-18H,3-4,14-15H2,1H3/b29-18+. The third-order valence-electron chi connectivity index (χ3n) is 5.43. The molecule has 9 nitrogen and oxygen atoms in total. The van der Waals surface area contributed by atoms with E-state index in [0.717, 1.165) is 25.0 Å². The Bertz CT molecular complexity index is 1630. The highest BCUT2D eigenvalue weighted by Crippen LogP contribution is 2.31. The van der Waals surface area contributed by atoms with Crippen molar-refractivity contribution in [3.05, 3.63) is 76.0 Å². The molecule has 4 aromatic rings. The first kappa shape index (κ1) is 27.1. The maximum atomic E-state index is 13.6. The quantitative estimate of drug-likeness (QED) is 0.194. The summed E-state index contributed by atoms with van der Waals surface area (Å²) >= 11 is 2.81. The number of hydrogen-bond donors (Lipinski definition) is 0. The van der Waals surface area contributed by atoms with Crippen molar-refractivity contribution in [3.63, 3.8) is 0 Å². The Morgan fingerprint density at radius 1 is 1.08 bits per heavy atom. The van der Waals surface area contributed by atoms with Crippen molar-refractivity contribution in [2.45, 2.75) is 24.7 Å². The van der Waals surface area contributed by atoms with Gasteiger partial charge in [0.1, 0.15) is 0 Å². The number of nitrogens with zero attached hydrogens (tertiary/aromatic N) is 6. The van der Waals surface area contributed by atoms with Crippen LogP contribution in [0.15, 0.2) is 70.0 Å². The molecule has 0 fully saturated rings. The Balaban J connectivity index is 1.66. The Hall–Kier alpha value is -3.94. The molecule has 4 rings (SSSR count). The molecule has 38 heavy (non-hydrogen) atoms. The van der Waals surface area contributed by atoms with Crippen LogP contribution in [0.1, 0.15) is 33.6 Å². The molecule has 192 valence electrons. The minimum atomic E-state index is -3.95. The van der Waals surface area contributed by atoms with E-state index in [1.54, 1.807) is 6.21 Å². The van der Waals surface area contributed by atoms with Crippen molar-refractivity contribution < 1.29 is 13.2 Å². The first-order valence-electron chi connectivity index (χ1n) is 11.5. The number of rotatable bonds is 10. The van der Waals surface area contributed by atoms with E-state index in [-0.39, 0.29) is 36.4 Å². The van der Waals surface area contributed by atoms with Crippen molar-refractivity contribution in [3.8, 4) is 12.1 Å². The minimum Gasteiger partial charge on any atom is -0.267 e. The van der Waals surface area contributed by atoms with Crippen LogP contribution >= 0.6 is 22.7 Å². The fourth-order valence-corrected chi connectivity index (χ4v) is 6.56. The third-order valence-corrected chi connectivity index (χ3v) is 9.15. The van der Waals surface area contributed by atoms with Crippen LogP contribution < -0.4 is 5.01 Å². The van der Waals surface area contributed by atoms with Crippen LogP contribution in [0.3, 0.4) is 0 Å². The van der Waals surface area contributed by atoms with Crippen LogP contribution in [-0.2, 0) is 10.0 Å². The molecule has 0 unspecified atom stereocenters. The van der Waals surface area contributed by atoms with Gasteiger partial charge < -0.3 is 0 Å². The molecule has 0 spiro atoms. The van der Waals surface area contributed by atoms with Gasteiger partial charge in [-0.25, -0.2) is 13.4 Å². The zero-order valence-electron chi connectivity index (χ0n) is 20.3. The van der Waals surface area contributed by atoms with E-state index in [1.807, 2.05) is 54.8 Å². The highest BCUT2D eigenvalue weighted by atomic mass is 32.2. The molecule has 0 aliphatic heterocycles. The van der Waals surface area contributed by atoms with Gasteiger partial charge in [0.2, 0.25) is 15.2 Å². The Kier molecular flexibility index (Phi) is 8.61. The molecule has 0 saturated heterocycles. The number of nitriles is 2. The number of aromatic nitrogens is 1. The van der Waals surface area contributed by atoms with Gasteiger partial charge in [-0.1, -0.05) is 23.5 Å². The number of thiazole rings is 1. The van der Waals surface area contributed by atoms with Crippen molar-refractivity contribution >= 4 is 60.2 Å². The molecule has 0 radical (unpaired) electrons. The van der Waals surface area contributed by atoms with Crippen molar-refractivity contribution in [2.75, 3.05) is 18.1 Å². The minimum absolute atomic E-state index is 0.000123. The monoisotopic (exact) mass is 562 g/mol. The van der Waals surface area contributed by atoms with Gasteiger partial charge >= 0.3 is 0 Å². The van der Waals surface area contributed by atoms with Crippen molar-refractivity contribution in [1.82, 2.24) is 9.29 Å². The zero-order valence-corrected chi connectivity index (χ0v) is 22.8. The van der Waals surface area contributed by atoms with Crippen LogP contribution in [-0.4, -0.2) is 42.9 Å². The number of benzene rings is 2. The summed E-state index contributed by atoms with van der Waals surface area (Å²) in [4.78, 5) is 19.0. The fraction of sp³-hybridized carbons (Fsp3) is 0.192. The predicted molar refractivity (Wildman–Crippen MR) is 149 cm³/mol. The second-order valence-electron chi connectivity index (χ2n) is 8.09. The molecule has 0 aliphatic rings. The van der Waals surface area contributed by atoms with E-state index < -0.39 is 15.9 Å². The van der Waals surface area contributed by atoms with Crippen LogP contribution in [0.2, 0.25) is 0 Å². The van der Waals surface area contributed by atoms with Gasteiger partial charge in [-0.2, -0.15) is 24.9 Å². The molecule has 0 saturated carbocycles. The van der Waals surface area contributed by atoms with Crippen molar-refractivity contribution in [1.29, 1.82) is 10.5 Å². The summed E-state index contributed by atoms with van der Waals surface area (Å²) in [5.74, 6) is -0.469. The number of aryl methyl sites for hydroxylation is 1. The maximum Gasteiger partial charge on any atom is 0.280 e. The van der Waals surface area contributed by atoms with Gasteiger partial charge in [-0.05, 0) is 60.3 Å². The molecule has 2 aromatic carbocycles. The molecule has 0 bridgehead atoms. The van der Waals surface area contributed by atoms with Gasteiger partial charge in [-0.3, -0.25) is 4.79 Å². The highest BCUT2D eigenvalue weighted by Gasteiger charge is 2.26. The van der Waals surface area contributed by atoms with Crippen molar-refractivity contribution in [2.24, 2.45) is 5.10 Å². The maximum absolute atomic E-state index is 13.6. The second-order valence-corrected chi connectivity index (χ2v) is 12.0. The number of sulfonamides is 1. The molecular weight excluding hydrogens is 541 g/mol. The average molecular weight is 563 g/mol. The number of anilines is 1. The van der Waals surface area contributed by atoms with Gasteiger partial charge in [0, 0.05) is 36.4 Å². The van der Waals surface area contributed by atoms with E-state index in [9.17, 15) is 13.2 Å². The van der Waals surface area contributed by atoms with Crippen LogP contribution in [0.4, 0.5) is 5.13 Å². The Morgan fingerprint density at radius 2 is 1.79 bits per heavy atom. The number of fused-ring (bicyclic) bond motifs is 1. The number of hydrazone groups is 1. The summed E-state index contributed by atoms with van der Waals surface area (Å²) in [6, 6.07) is 19.0. The lowest BCUT2D eigenvalue weighted by Crippen LogP contribution is -2.33. The van der Waals surface area contributed by atoms with E-state index in [4.69, 9.17) is 10.5 Å². The van der Waals surface area contributed by atoms with Gasteiger partial charge in [-0.15, -0.1) is 11.3 Å². The number of thiophene rings is 1. The molecule has 2 aromatic heterocycles. The predicted octanol–water partition coefficient (Wildman–Crippen LogP) is 5.17. The Labute approximate surface area is 228 Å². The first-order valence-corrected chi connectivity index (χ1v) is 14.6. The van der Waals surface area contributed by atoms with E-state index in [1.165, 1.54) is 51.9 Å². The molecular formula is C26H22N6O3S3. The lowest BCUT2D eigenvalue weighted by Gasteiger charge is -2.20. The summed E-state index contributed by atoms with van der Waals surface area (Å²) in [5.41, 5.74) is 2.04. The SMILES string of the molecule is Cc1ccc2nc(N(/N=C/c3cccs3)C(=O)c3ccc(S(=O)(=O)N(CCC#N)CCC#N)cc3)sc2c1. The van der Waals surface area contributed by atoms with Crippen LogP contribution in [0.25, 0.3) is 10.2 Å². The molecule has 1 amide bonds. The molecule has 12 heteroatoms. The third kappa shape index (κ3) is 6.13. The Morgan fingerprint density at radius 3 is 2.42 bits per heavy atom. The first-order chi connectivity index (χ1) is 18.3. The summed E-state index contributed by atoms with van der Waals surface area (Å²) in [6.45, 7) is 1.93. The largest absolute Gasteiger partial charge is 0.280 e. The summed E-state index contributed by atoms with van der Waals surface area (Å²) in [7, 11) is -3.95. The number of amides is 1. The summed E-state index contributed by atoms with van der Waals surface area (Å²) < 4.78 is 28.3. The van der Waals surface area contributed by atoms with Gasteiger partial charge in [0.15, 0.2) is 0 Å². The van der Waals surface area contributed by atoms with Crippen LogP contribution in [0, 0.1) is 29.6 Å². The fourth-order valence-electron chi connectivity index (χ4n) is 3.52. The van der Waals surface area contributed by atoms with Gasteiger partial charge in [0.25, 0.3) is 5.91 Å². The summed E-state index contributed by atoms with van der Waals surface area (Å²) in [6.07, 6.45) is 1.58. The molecule has 0 N–H and O–H groups in total. The number of carbonyl (C=O) groups excluding carboxylic acids is 1. The number of hydrogen-bond acceptors (Lipinski definition) is 9. The molecule has 0 aliphatic carbocycles. The van der Waals surface area contributed by atoms with Gasteiger partial charge in [0.05, 0.1) is 33.5 Å². The second kappa shape index (κ2) is 12.1. The van der Waals surface area contributed by atoms with E-state index in [0.29, 0.717) is 5.13 Å². The zero-order chi connectivity index (χ0) is 27.1. The lowest BCUT2D eigenvalue weighted by molar-refractivity contribution is 0.0987. The van der Waals surface area contributed by atoms with Crippen LogP contribution in [0.5, 0.6) is 0 Å². The van der Waals surface area contributed by atoms with E-state index in [2.05, 4.69) is 10.1 Å². The lowest BCUT2D eigenvalue weighted by atomic mass is 10.2. The topological polar surface area (TPSA) is 131 Å². The molecule has 2 heterocycles. The smallest absolute Gasteiger partial charge is 0.267 e. The highest BCUT2D eigenvalue weighted by molar-refractivity contribution is 7.89. The molecule has 0 atom stereocenters. The summed E-state index contributed by atoms with van der Waals surface area (Å²) in [5, 5.41) is 25.7. The van der Waals surface area contributed by atoms with E-state index >= 15 is 0 Å².